The molecule has 0 radical (unpaired) electrons. The molecule has 1 heterocycles. The Bertz CT molecular complexity index is 603. The van der Waals surface area contributed by atoms with E-state index < -0.39 is 0 Å². The molecule has 0 aliphatic carbocycles. The number of rotatable bonds is 7. The summed E-state index contributed by atoms with van der Waals surface area (Å²) in [5.41, 5.74) is 0.896. The van der Waals surface area contributed by atoms with Gasteiger partial charge in [-0.3, -0.25) is 9.59 Å². The molecule has 2 rings (SSSR count). The molecular formula is C19H29N3O3. The minimum atomic E-state index is -0.290. The number of hydrogen-bond donors (Lipinski definition) is 1. The molecule has 25 heavy (non-hydrogen) atoms. The summed E-state index contributed by atoms with van der Waals surface area (Å²) < 4.78 is 5.49. The number of carbonyl (C=O) groups excluding carboxylic acids is 2. The van der Waals surface area contributed by atoms with E-state index in [2.05, 4.69) is 5.32 Å². The van der Waals surface area contributed by atoms with E-state index >= 15 is 0 Å². The van der Waals surface area contributed by atoms with E-state index in [0.29, 0.717) is 31.7 Å². The highest BCUT2D eigenvalue weighted by Gasteiger charge is 2.40. The molecule has 1 aromatic rings. The minimum absolute atomic E-state index is 0.00343. The van der Waals surface area contributed by atoms with Crippen LogP contribution in [0, 0.1) is 5.92 Å². The van der Waals surface area contributed by atoms with E-state index in [1.807, 2.05) is 50.2 Å². The zero-order valence-electron chi connectivity index (χ0n) is 15.6. The van der Waals surface area contributed by atoms with Crippen molar-refractivity contribution >= 4 is 11.8 Å². The van der Waals surface area contributed by atoms with Crippen LogP contribution in [0.25, 0.3) is 0 Å². The van der Waals surface area contributed by atoms with Crippen LogP contribution >= 0.6 is 0 Å². The molecule has 0 aromatic heterocycles. The molecule has 1 aliphatic rings. The Hall–Kier alpha value is -2.08. The van der Waals surface area contributed by atoms with Crippen molar-refractivity contribution in [2.24, 2.45) is 5.92 Å². The van der Waals surface area contributed by atoms with Crippen molar-refractivity contribution in [1.82, 2.24) is 15.1 Å². The smallest absolute Gasteiger partial charge is 0.225 e. The second kappa shape index (κ2) is 8.85. The van der Waals surface area contributed by atoms with Crippen LogP contribution in [0.2, 0.25) is 0 Å². The lowest BCUT2D eigenvalue weighted by atomic mass is 9.83. The second-order valence-electron chi connectivity index (χ2n) is 6.61. The second-order valence-corrected chi connectivity index (χ2v) is 6.61. The van der Waals surface area contributed by atoms with Crippen molar-refractivity contribution in [3.05, 3.63) is 29.8 Å². The van der Waals surface area contributed by atoms with Crippen LogP contribution in [0.1, 0.15) is 31.4 Å². The third-order valence-corrected chi connectivity index (χ3v) is 4.70. The van der Waals surface area contributed by atoms with E-state index in [1.165, 1.54) is 0 Å². The number of benzene rings is 1. The quantitative estimate of drug-likeness (QED) is 0.815. The first-order valence-electron chi connectivity index (χ1n) is 8.84. The molecule has 0 unspecified atom stereocenters. The van der Waals surface area contributed by atoms with Crippen molar-refractivity contribution in [3.63, 3.8) is 0 Å². The average molecular weight is 347 g/mol. The zero-order valence-corrected chi connectivity index (χ0v) is 15.6. The van der Waals surface area contributed by atoms with Gasteiger partial charge in [0.2, 0.25) is 11.8 Å². The van der Waals surface area contributed by atoms with Gasteiger partial charge >= 0.3 is 0 Å². The van der Waals surface area contributed by atoms with E-state index in [4.69, 9.17) is 4.74 Å². The molecule has 0 bridgehead atoms. The molecule has 6 nitrogen and oxygen atoms in total. The summed E-state index contributed by atoms with van der Waals surface area (Å²) in [6.07, 6.45) is 0.969. The van der Waals surface area contributed by atoms with Gasteiger partial charge in [0, 0.05) is 31.6 Å². The predicted molar refractivity (Wildman–Crippen MR) is 97.4 cm³/mol. The Morgan fingerprint density at radius 3 is 2.72 bits per heavy atom. The number of hydrogen-bond acceptors (Lipinski definition) is 4. The summed E-state index contributed by atoms with van der Waals surface area (Å²) in [4.78, 5) is 29.1. The number of amides is 2. The molecule has 6 heteroatoms. The SMILES string of the molecule is CCN1C(=O)CC[C@@H](C(=O)NCCN(C)C)[C@@H]1c1ccccc1OC. The van der Waals surface area contributed by atoms with Gasteiger partial charge in [-0.1, -0.05) is 18.2 Å². The highest BCUT2D eigenvalue weighted by molar-refractivity contribution is 5.85. The molecule has 0 spiro atoms. The maximum atomic E-state index is 12.8. The van der Waals surface area contributed by atoms with Gasteiger partial charge in [0.05, 0.1) is 19.1 Å². The standard InChI is InChI=1S/C19H29N3O3/c1-5-22-17(23)11-10-15(19(24)20-12-13-21(2)3)18(22)14-8-6-7-9-16(14)25-4/h6-9,15,18H,5,10-13H2,1-4H3,(H,20,24)/t15-,18+/m1/s1. The third kappa shape index (κ3) is 4.51. The third-order valence-electron chi connectivity index (χ3n) is 4.70. The minimum Gasteiger partial charge on any atom is -0.496 e. The number of piperidine rings is 1. The lowest BCUT2D eigenvalue weighted by Gasteiger charge is -2.40. The van der Waals surface area contributed by atoms with Crippen LogP contribution in [0.4, 0.5) is 0 Å². The highest BCUT2D eigenvalue weighted by atomic mass is 16.5. The van der Waals surface area contributed by atoms with Gasteiger partial charge in [-0.15, -0.1) is 0 Å². The number of likely N-dealkylation sites (N-methyl/N-ethyl adjacent to an activating group) is 1. The van der Waals surface area contributed by atoms with Gasteiger partial charge in [0.25, 0.3) is 0 Å². The predicted octanol–water partition coefficient (Wildman–Crippen LogP) is 1.67. The molecule has 1 aromatic carbocycles. The van der Waals surface area contributed by atoms with Crippen molar-refractivity contribution < 1.29 is 14.3 Å². The van der Waals surface area contributed by atoms with Gasteiger partial charge in [-0.25, -0.2) is 0 Å². The first-order chi connectivity index (χ1) is 12.0. The number of nitrogens with one attached hydrogen (secondary N) is 1. The van der Waals surface area contributed by atoms with Crippen molar-refractivity contribution in [2.45, 2.75) is 25.8 Å². The number of carbonyl (C=O) groups is 2. The highest BCUT2D eigenvalue weighted by Crippen LogP contribution is 2.40. The largest absolute Gasteiger partial charge is 0.496 e. The summed E-state index contributed by atoms with van der Waals surface area (Å²) in [6.45, 7) is 3.91. The fourth-order valence-electron chi connectivity index (χ4n) is 3.43. The Morgan fingerprint density at radius 1 is 1.36 bits per heavy atom. The van der Waals surface area contributed by atoms with Crippen molar-refractivity contribution in [1.29, 1.82) is 0 Å². The number of nitrogens with zero attached hydrogens (tertiary/aromatic N) is 2. The average Bonchev–Trinajstić information content (AvgIpc) is 2.60. The van der Waals surface area contributed by atoms with Crippen molar-refractivity contribution in [2.75, 3.05) is 40.8 Å². The molecule has 1 aliphatic heterocycles. The maximum absolute atomic E-state index is 12.8. The molecule has 1 fully saturated rings. The summed E-state index contributed by atoms with van der Waals surface area (Å²) in [6, 6.07) is 7.36. The first kappa shape index (κ1) is 19.2. The van der Waals surface area contributed by atoms with Crippen LogP contribution in [0.5, 0.6) is 5.75 Å². The lowest BCUT2D eigenvalue weighted by molar-refractivity contribution is -0.143. The van der Waals surface area contributed by atoms with E-state index in [0.717, 1.165) is 12.1 Å². The monoisotopic (exact) mass is 347 g/mol. The molecule has 0 saturated carbocycles. The number of para-hydroxylation sites is 1. The van der Waals surface area contributed by atoms with Gasteiger partial charge in [-0.05, 0) is 33.5 Å². The van der Waals surface area contributed by atoms with Gasteiger partial charge < -0.3 is 19.9 Å². The zero-order chi connectivity index (χ0) is 18.4. The summed E-state index contributed by atoms with van der Waals surface area (Å²) >= 11 is 0. The number of likely N-dealkylation sites (tertiary alicyclic amines) is 1. The first-order valence-corrected chi connectivity index (χ1v) is 8.84. The van der Waals surface area contributed by atoms with Gasteiger partial charge in [0.15, 0.2) is 0 Å². The lowest BCUT2D eigenvalue weighted by Crippen LogP contribution is -2.48. The topological polar surface area (TPSA) is 61.9 Å². The van der Waals surface area contributed by atoms with Crippen LogP contribution in [0.15, 0.2) is 24.3 Å². The van der Waals surface area contributed by atoms with Crippen LogP contribution in [-0.2, 0) is 9.59 Å². The Morgan fingerprint density at radius 2 is 2.08 bits per heavy atom. The van der Waals surface area contributed by atoms with Gasteiger partial charge in [0.1, 0.15) is 5.75 Å². The Balaban J connectivity index is 2.29. The fraction of sp³-hybridized carbons (Fsp3) is 0.579. The Labute approximate surface area is 150 Å². The molecule has 2 amide bonds. The molecule has 1 saturated heterocycles. The normalized spacial score (nSPS) is 20.7. The maximum Gasteiger partial charge on any atom is 0.225 e. The van der Waals surface area contributed by atoms with Crippen LogP contribution in [-0.4, -0.2) is 62.5 Å². The summed E-state index contributed by atoms with van der Waals surface area (Å²) in [5.74, 6) is 0.544. The molecule has 2 atom stereocenters. The summed E-state index contributed by atoms with van der Waals surface area (Å²) in [5, 5.41) is 3.02. The van der Waals surface area contributed by atoms with E-state index in [-0.39, 0.29) is 23.8 Å². The molecule has 138 valence electrons. The number of methoxy groups -OCH3 is 1. The van der Waals surface area contributed by atoms with Crippen LogP contribution in [0.3, 0.4) is 0 Å². The van der Waals surface area contributed by atoms with Crippen LogP contribution < -0.4 is 10.1 Å². The van der Waals surface area contributed by atoms with E-state index in [9.17, 15) is 9.59 Å². The Kier molecular flexibility index (Phi) is 6.82. The molecule has 1 N–H and O–H groups in total. The molecular weight excluding hydrogens is 318 g/mol. The van der Waals surface area contributed by atoms with Gasteiger partial charge in [-0.2, -0.15) is 0 Å². The fourth-order valence-corrected chi connectivity index (χ4v) is 3.43. The van der Waals surface area contributed by atoms with E-state index in [1.54, 1.807) is 12.0 Å². The summed E-state index contributed by atoms with van der Waals surface area (Å²) in [7, 11) is 5.57. The number of ether oxygens (including phenoxy) is 1. The van der Waals surface area contributed by atoms with Crippen molar-refractivity contribution in [3.8, 4) is 5.75 Å².